The normalized spacial score (nSPS) is 12.6. The lowest BCUT2D eigenvalue weighted by atomic mass is 10.0. The van der Waals surface area contributed by atoms with Gasteiger partial charge in [-0.2, -0.15) is 0 Å². The molecule has 0 aliphatic heterocycles. The van der Waals surface area contributed by atoms with E-state index in [4.69, 9.17) is 4.74 Å². The molecular weight excluding hydrogens is 286 g/mol. The van der Waals surface area contributed by atoms with Gasteiger partial charge in [0, 0.05) is 16.8 Å². The van der Waals surface area contributed by atoms with Gasteiger partial charge in [-0.3, -0.25) is 4.79 Å². The number of hydrogen-bond acceptors (Lipinski definition) is 3. The van der Waals surface area contributed by atoms with E-state index in [1.54, 1.807) is 25.3 Å². The van der Waals surface area contributed by atoms with Crippen molar-refractivity contribution in [1.29, 1.82) is 0 Å². The molecule has 0 bridgehead atoms. The number of H-pyrrole nitrogens is 1. The molecule has 0 saturated carbocycles. The second-order valence-electron chi connectivity index (χ2n) is 3.64. The summed E-state index contributed by atoms with van der Waals surface area (Å²) in [6.07, 6.45) is -0.616. The van der Waals surface area contributed by atoms with Crippen LogP contribution >= 0.6 is 15.9 Å². The zero-order valence-electron chi connectivity index (χ0n) is 9.24. The number of aromatic amines is 1. The maximum Gasteiger partial charge on any atom is 0.248 e. The summed E-state index contributed by atoms with van der Waals surface area (Å²) in [5.41, 5.74) is 1.17. The van der Waals surface area contributed by atoms with Crippen molar-refractivity contribution in [2.45, 2.75) is 6.10 Å². The summed E-state index contributed by atoms with van der Waals surface area (Å²) < 4.78 is 5.19. The van der Waals surface area contributed by atoms with E-state index in [2.05, 4.69) is 20.9 Å². The highest BCUT2D eigenvalue weighted by Crippen LogP contribution is 2.29. The van der Waals surface area contributed by atoms with E-state index in [0.717, 1.165) is 10.9 Å². The average Bonchev–Trinajstić information content (AvgIpc) is 2.36. The number of nitrogens with one attached hydrogen (secondary N) is 1. The molecule has 2 N–H and O–H groups in total. The number of pyridine rings is 1. The lowest BCUT2D eigenvalue weighted by Gasteiger charge is -2.13. The summed E-state index contributed by atoms with van der Waals surface area (Å²) in [5.74, 6) is 0.586. The molecule has 0 fully saturated rings. The Morgan fingerprint density at radius 2 is 2.18 bits per heavy atom. The molecule has 0 aliphatic carbocycles. The van der Waals surface area contributed by atoms with Crippen LogP contribution in [0.5, 0.6) is 5.75 Å². The number of halogens is 1. The highest BCUT2D eigenvalue weighted by molar-refractivity contribution is 9.09. The van der Waals surface area contributed by atoms with E-state index >= 15 is 0 Å². The van der Waals surface area contributed by atoms with Gasteiger partial charge in [-0.1, -0.05) is 22.0 Å². The number of fused-ring (bicyclic) bond motifs is 1. The van der Waals surface area contributed by atoms with Gasteiger partial charge in [0.1, 0.15) is 5.75 Å². The van der Waals surface area contributed by atoms with Crippen molar-refractivity contribution in [1.82, 2.24) is 4.98 Å². The summed E-state index contributed by atoms with van der Waals surface area (Å²) >= 11 is 3.23. The van der Waals surface area contributed by atoms with Gasteiger partial charge in [0.05, 0.1) is 18.7 Å². The zero-order valence-corrected chi connectivity index (χ0v) is 10.8. The monoisotopic (exact) mass is 297 g/mol. The molecule has 90 valence electrons. The van der Waals surface area contributed by atoms with E-state index in [9.17, 15) is 9.90 Å². The third-order valence-electron chi connectivity index (χ3n) is 2.62. The van der Waals surface area contributed by atoms with Gasteiger partial charge in [0.2, 0.25) is 5.56 Å². The molecule has 1 aromatic heterocycles. The molecule has 17 heavy (non-hydrogen) atoms. The first kappa shape index (κ1) is 12.1. The van der Waals surface area contributed by atoms with Gasteiger partial charge in [-0.15, -0.1) is 0 Å². The van der Waals surface area contributed by atoms with Gasteiger partial charge in [-0.05, 0) is 17.7 Å². The molecule has 1 heterocycles. The number of aliphatic hydroxyl groups excluding tert-OH is 1. The number of alkyl halides is 1. The third-order valence-corrected chi connectivity index (χ3v) is 3.23. The fourth-order valence-corrected chi connectivity index (χ4v) is 2.14. The first-order valence-corrected chi connectivity index (χ1v) is 6.23. The summed E-state index contributed by atoms with van der Waals surface area (Å²) in [6, 6.07) is 6.66. The Labute approximate surface area is 106 Å². The maximum absolute atomic E-state index is 11.3. The molecule has 1 unspecified atom stereocenters. The molecule has 1 aromatic carbocycles. The first-order valence-electron chi connectivity index (χ1n) is 5.11. The smallest absolute Gasteiger partial charge is 0.248 e. The van der Waals surface area contributed by atoms with E-state index in [1.165, 1.54) is 6.07 Å². The summed E-state index contributed by atoms with van der Waals surface area (Å²) in [7, 11) is 1.54. The number of ether oxygens (including phenoxy) is 1. The van der Waals surface area contributed by atoms with Gasteiger partial charge in [-0.25, -0.2) is 0 Å². The molecule has 5 heteroatoms. The highest BCUT2D eigenvalue weighted by atomic mass is 79.9. The molecule has 2 rings (SSSR count). The summed E-state index contributed by atoms with van der Waals surface area (Å²) in [4.78, 5) is 14.0. The molecule has 0 radical (unpaired) electrons. The third kappa shape index (κ3) is 2.21. The first-order chi connectivity index (χ1) is 8.17. The molecule has 1 atom stereocenters. The molecular formula is C12H12BrNO3. The van der Waals surface area contributed by atoms with Crippen molar-refractivity contribution in [3.63, 3.8) is 0 Å². The zero-order chi connectivity index (χ0) is 12.4. The fourth-order valence-electron chi connectivity index (χ4n) is 1.79. The standard InChI is InChI=1S/C12H12BrNO3/c1-17-10-4-2-7(9(15)6-13)8-3-5-11(16)14-12(8)10/h2-5,9,15H,6H2,1H3,(H,14,16). The predicted octanol–water partition coefficient (Wildman–Crippen LogP) is 1.96. The van der Waals surface area contributed by atoms with E-state index in [-0.39, 0.29) is 5.56 Å². The number of aromatic nitrogens is 1. The number of benzene rings is 1. The Kier molecular flexibility index (Phi) is 3.49. The van der Waals surface area contributed by atoms with Crippen LogP contribution in [0.15, 0.2) is 29.1 Å². The maximum atomic E-state index is 11.3. The van der Waals surface area contributed by atoms with Crippen molar-refractivity contribution < 1.29 is 9.84 Å². The minimum absolute atomic E-state index is 0.193. The highest BCUT2D eigenvalue weighted by Gasteiger charge is 2.13. The van der Waals surface area contributed by atoms with Crippen LogP contribution in [0.4, 0.5) is 0 Å². The van der Waals surface area contributed by atoms with Crippen LogP contribution in [0.1, 0.15) is 11.7 Å². The van der Waals surface area contributed by atoms with Crippen LogP contribution in [0.25, 0.3) is 10.9 Å². The predicted molar refractivity (Wildman–Crippen MR) is 69.9 cm³/mol. The lowest BCUT2D eigenvalue weighted by molar-refractivity contribution is 0.207. The Hall–Kier alpha value is -1.33. The van der Waals surface area contributed by atoms with Gasteiger partial charge in [0.15, 0.2) is 0 Å². The average molecular weight is 298 g/mol. The topological polar surface area (TPSA) is 62.3 Å². The Bertz CT molecular complexity index is 594. The molecule has 2 aromatic rings. The lowest BCUT2D eigenvalue weighted by Crippen LogP contribution is -2.06. The van der Waals surface area contributed by atoms with Crippen molar-refractivity contribution in [2.24, 2.45) is 0 Å². The van der Waals surface area contributed by atoms with Gasteiger partial charge in [0.25, 0.3) is 0 Å². The number of rotatable bonds is 3. The van der Waals surface area contributed by atoms with Crippen LogP contribution in [0.3, 0.4) is 0 Å². The second-order valence-corrected chi connectivity index (χ2v) is 4.29. The van der Waals surface area contributed by atoms with Crippen molar-refractivity contribution >= 4 is 26.8 Å². The van der Waals surface area contributed by atoms with E-state index < -0.39 is 6.10 Å². The Morgan fingerprint density at radius 1 is 1.41 bits per heavy atom. The Balaban J connectivity index is 2.77. The molecule has 0 amide bonds. The minimum Gasteiger partial charge on any atom is -0.495 e. The van der Waals surface area contributed by atoms with Crippen molar-refractivity contribution in [3.8, 4) is 5.75 Å². The number of methoxy groups -OCH3 is 1. The fraction of sp³-hybridized carbons (Fsp3) is 0.250. The Morgan fingerprint density at radius 3 is 2.82 bits per heavy atom. The van der Waals surface area contributed by atoms with Crippen LogP contribution in [-0.2, 0) is 0 Å². The summed E-state index contributed by atoms with van der Waals surface area (Å²) in [6.45, 7) is 0. The van der Waals surface area contributed by atoms with Crippen LogP contribution in [0, 0.1) is 0 Å². The molecule has 0 aliphatic rings. The van der Waals surface area contributed by atoms with Crippen LogP contribution in [-0.4, -0.2) is 22.5 Å². The van der Waals surface area contributed by atoms with E-state index in [0.29, 0.717) is 16.6 Å². The number of aliphatic hydroxyl groups is 1. The van der Waals surface area contributed by atoms with Crippen LogP contribution < -0.4 is 10.3 Å². The molecule has 4 nitrogen and oxygen atoms in total. The number of hydrogen-bond donors (Lipinski definition) is 2. The van der Waals surface area contributed by atoms with E-state index in [1.807, 2.05) is 0 Å². The van der Waals surface area contributed by atoms with Crippen LogP contribution in [0.2, 0.25) is 0 Å². The van der Waals surface area contributed by atoms with Gasteiger partial charge >= 0.3 is 0 Å². The van der Waals surface area contributed by atoms with Gasteiger partial charge < -0.3 is 14.8 Å². The largest absolute Gasteiger partial charge is 0.495 e. The second kappa shape index (κ2) is 4.89. The molecule has 0 spiro atoms. The summed E-state index contributed by atoms with van der Waals surface area (Å²) in [5, 5.41) is 11.1. The quantitative estimate of drug-likeness (QED) is 0.852. The molecule has 0 saturated heterocycles. The minimum atomic E-state index is -0.616. The van der Waals surface area contributed by atoms with Crippen molar-refractivity contribution in [3.05, 3.63) is 40.2 Å². The van der Waals surface area contributed by atoms with Crippen molar-refractivity contribution in [2.75, 3.05) is 12.4 Å². The SMILES string of the molecule is COc1ccc(C(O)CBr)c2ccc(=O)[nH]c12.